The van der Waals surface area contributed by atoms with Gasteiger partial charge in [-0.3, -0.25) is 4.79 Å². The summed E-state index contributed by atoms with van der Waals surface area (Å²) >= 11 is 0. The van der Waals surface area contributed by atoms with Crippen molar-refractivity contribution in [2.45, 2.75) is 6.61 Å². The quantitative estimate of drug-likeness (QED) is 0.872. The van der Waals surface area contributed by atoms with Crippen LogP contribution in [0.1, 0.15) is 10.4 Å². The lowest BCUT2D eigenvalue weighted by molar-refractivity contribution is -0.0493. The summed E-state index contributed by atoms with van der Waals surface area (Å²) in [5.41, 5.74) is -0.313. The van der Waals surface area contributed by atoms with E-state index in [4.69, 9.17) is 0 Å². The fraction of sp³-hybridized carbons (Fsp3) is 0.0714. The fourth-order valence-electron chi connectivity index (χ4n) is 1.65. The molecule has 0 spiro atoms. The minimum absolute atomic E-state index is 0.0348. The number of carbonyl (C=O) groups excluding carboxylic acids is 1. The molecule has 0 aliphatic carbocycles. The van der Waals surface area contributed by atoms with E-state index in [0.717, 1.165) is 12.1 Å². The topological polar surface area (TPSA) is 38.3 Å². The van der Waals surface area contributed by atoms with Crippen LogP contribution in [0.2, 0.25) is 0 Å². The van der Waals surface area contributed by atoms with E-state index in [1.165, 1.54) is 24.3 Å². The Morgan fingerprint density at radius 3 is 2.29 bits per heavy atom. The Morgan fingerprint density at radius 2 is 1.67 bits per heavy atom. The third kappa shape index (κ3) is 3.95. The van der Waals surface area contributed by atoms with E-state index in [-0.39, 0.29) is 17.0 Å². The summed E-state index contributed by atoms with van der Waals surface area (Å²) in [6.07, 6.45) is 0. The summed E-state index contributed by atoms with van der Waals surface area (Å²) in [6.45, 7) is -3.06. The Labute approximate surface area is 117 Å². The van der Waals surface area contributed by atoms with E-state index in [2.05, 4.69) is 10.1 Å². The fourth-order valence-corrected chi connectivity index (χ4v) is 1.65. The van der Waals surface area contributed by atoms with Crippen molar-refractivity contribution in [3.63, 3.8) is 0 Å². The van der Waals surface area contributed by atoms with E-state index in [1.54, 1.807) is 0 Å². The predicted octanol–water partition coefficient (Wildman–Crippen LogP) is 3.82. The Hall–Kier alpha value is -2.57. The first-order valence-corrected chi connectivity index (χ1v) is 5.77. The molecule has 0 saturated carbocycles. The van der Waals surface area contributed by atoms with Gasteiger partial charge in [-0.25, -0.2) is 8.78 Å². The van der Waals surface area contributed by atoms with Crippen LogP contribution in [-0.2, 0) is 0 Å². The summed E-state index contributed by atoms with van der Waals surface area (Å²) < 4.78 is 54.8. The van der Waals surface area contributed by atoms with Crippen LogP contribution < -0.4 is 10.1 Å². The van der Waals surface area contributed by atoms with Crippen LogP contribution in [0.5, 0.6) is 5.75 Å². The van der Waals surface area contributed by atoms with Crippen molar-refractivity contribution >= 4 is 11.6 Å². The molecule has 0 saturated heterocycles. The van der Waals surface area contributed by atoms with Crippen molar-refractivity contribution in [1.29, 1.82) is 0 Å². The van der Waals surface area contributed by atoms with Gasteiger partial charge in [0.15, 0.2) is 0 Å². The van der Waals surface area contributed by atoms with Gasteiger partial charge in [-0.1, -0.05) is 12.1 Å². The van der Waals surface area contributed by atoms with Crippen LogP contribution in [0, 0.1) is 11.6 Å². The number of nitrogens with one attached hydrogen (secondary N) is 1. The average molecular weight is 299 g/mol. The highest BCUT2D eigenvalue weighted by molar-refractivity contribution is 6.05. The molecule has 1 amide bonds. The minimum Gasteiger partial charge on any atom is -0.433 e. The molecular formula is C14H9F4NO2. The molecule has 0 heterocycles. The molecule has 0 aromatic heterocycles. The molecule has 0 radical (unpaired) electrons. The lowest BCUT2D eigenvalue weighted by Gasteiger charge is -2.11. The molecule has 3 nitrogen and oxygen atoms in total. The van der Waals surface area contributed by atoms with Gasteiger partial charge < -0.3 is 10.1 Å². The Bertz CT molecular complexity index is 641. The summed E-state index contributed by atoms with van der Waals surface area (Å²) in [7, 11) is 0. The molecule has 110 valence electrons. The van der Waals surface area contributed by atoms with E-state index >= 15 is 0 Å². The van der Waals surface area contributed by atoms with Gasteiger partial charge in [0.25, 0.3) is 5.91 Å². The summed E-state index contributed by atoms with van der Waals surface area (Å²) in [5.74, 6) is -2.94. The van der Waals surface area contributed by atoms with Gasteiger partial charge in [0.1, 0.15) is 17.4 Å². The number of anilines is 1. The van der Waals surface area contributed by atoms with Crippen molar-refractivity contribution in [2.24, 2.45) is 0 Å². The van der Waals surface area contributed by atoms with Crippen molar-refractivity contribution in [2.75, 3.05) is 5.32 Å². The highest BCUT2D eigenvalue weighted by Gasteiger charge is 2.14. The summed E-state index contributed by atoms with van der Waals surface area (Å²) in [5, 5.41) is 2.26. The molecule has 2 aromatic carbocycles. The monoisotopic (exact) mass is 299 g/mol. The molecule has 7 heteroatoms. The average Bonchev–Trinajstić information content (AvgIpc) is 2.39. The van der Waals surface area contributed by atoms with Crippen molar-refractivity contribution in [3.05, 3.63) is 59.7 Å². The van der Waals surface area contributed by atoms with E-state index in [1.807, 2.05) is 0 Å². The second-order valence-corrected chi connectivity index (χ2v) is 3.99. The lowest BCUT2D eigenvalue weighted by Crippen LogP contribution is -2.14. The van der Waals surface area contributed by atoms with E-state index in [9.17, 15) is 22.4 Å². The number of amides is 1. The molecule has 2 rings (SSSR count). The predicted molar refractivity (Wildman–Crippen MR) is 67.4 cm³/mol. The standard InChI is InChI=1S/C14H9F4NO2/c15-9-5-8(6-10(16)7-9)13(20)19-11-3-1-2-4-12(11)21-14(17)18/h1-7,14H,(H,19,20). The number of carbonyl (C=O) groups is 1. The third-order valence-corrected chi connectivity index (χ3v) is 2.48. The number of alkyl halides is 2. The number of hydrogen-bond donors (Lipinski definition) is 1. The zero-order valence-corrected chi connectivity index (χ0v) is 10.4. The maximum Gasteiger partial charge on any atom is 0.387 e. The van der Waals surface area contributed by atoms with Gasteiger partial charge in [-0.05, 0) is 24.3 Å². The maximum absolute atomic E-state index is 13.0. The third-order valence-electron chi connectivity index (χ3n) is 2.48. The molecule has 21 heavy (non-hydrogen) atoms. The molecule has 0 unspecified atom stereocenters. The zero-order chi connectivity index (χ0) is 15.4. The number of rotatable bonds is 4. The zero-order valence-electron chi connectivity index (χ0n) is 10.4. The van der Waals surface area contributed by atoms with Gasteiger partial charge in [0, 0.05) is 11.6 Å². The van der Waals surface area contributed by atoms with Crippen LogP contribution in [0.4, 0.5) is 23.2 Å². The highest BCUT2D eigenvalue weighted by atomic mass is 19.3. The molecular weight excluding hydrogens is 290 g/mol. The van der Waals surface area contributed by atoms with Gasteiger partial charge in [0.05, 0.1) is 5.69 Å². The summed E-state index contributed by atoms with van der Waals surface area (Å²) in [4.78, 5) is 11.9. The molecule has 0 aliphatic rings. The van der Waals surface area contributed by atoms with Gasteiger partial charge in [-0.15, -0.1) is 0 Å². The van der Waals surface area contributed by atoms with Crippen molar-refractivity contribution in [3.8, 4) is 5.75 Å². The molecule has 0 atom stereocenters. The highest BCUT2D eigenvalue weighted by Crippen LogP contribution is 2.26. The second kappa shape index (κ2) is 6.25. The second-order valence-electron chi connectivity index (χ2n) is 3.99. The molecule has 0 fully saturated rings. The van der Waals surface area contributed by atoms with Crippen molar-refractivity contribution < 1.29 is 27.1 Å². The number of ether oxygens (including phenoxy) is 1. The molecule has 1 N–H and O–H groups in total. The first kappa shape index (κ1) is 14.8. The van der Waals surface area contributed by atoms with Crippen LogP contribution in [0.25, 0.3) is 0 Å². The van der Waals surface area contributed by atoms with E-state index in [0.29, 0.717) is 6.07 Å². The van der Waals surface area contributed by atoms with Gasteiger partial charge in [0.2, 0.25) is 0 Å². The largest absolute Gasteiger partial charge is 0.433 e. The first-order valence-electron chi connectivity index (χ1n) is 5.77. The summed E-state index contributed by atoms with van der Waals surface area (Å²) in [6, 6.07) is 7.75. The normalized spacial score (nSPS) is 10.5. The smallest absolute Gasteiger partial charge is 0.387 e. The van der Waals surface area contributed by atoms with Crippen LogP contribution in [0.15, 0.2) is 42.5 Å². The molecule has 0 bridgehead atoms. The van der Waals surface area contributed by atoms with Gasteiger partial charge in [-0.2, -0.15) is 8.78 Å². The number of hydrogen-bond acceptors (Lipinski definition) is 2. The van der Waals surface area contributed by atoms with Crippen LogP contribution in [0.3, 0.4) is 0 Å². The molecule has 0 aliphatic heterocycles. The van der Waals surface area contributed by atoms with E-state index < -0.39 is 24.2 Å². The first-order chi connectivity index (χ1) is 9.95. The number of para-hydroxylation sites is 2. The maximum atomic E-state index is 13.0. The van der Waals surface area contributed by atoms with Crippen LogP contribution in [-0.4, -0.2) is 12.5 Å². The number of halogens is 4. The minimum atomic E-state index is -3.06. The SMILES string of the molecule is O=C(Nc1ccccc1OC(F)F)c1cc(F)cc(F)c1. The molecule has 2 aromatic rings. The van der Waals surface area contributed by atoms with Gasteiger partial charge >= 0.3 is 6.61 Å². The van der Waals surface area contributed by atoms with Crippen molar-refractivity contribution in [1.82, 2.24) is 0 Å². The van der Waals surface area contributed by atoms with Crippen LogP contribution >= 0.6 is 0 Å². The Balaban J connectivity index is 2.23. The Kier molecular flexibility index (Phi) is 4.42. The Morgan fingerprint density at radius 1 is 1.05 bits per heavy atom. The lowest BCUT2D eigenvalue weighted by atomic mass is 10.2. The number of benzene rings is 2.